The van der Waals surface area contributed by atoms with E-state index >= 15 is 0 Å². The lowest BCUT2D eigenvalue weighted by atomic mass is 10.2. The van der Waals surface area contributed by atoms with Gasteiger partial charge >= 0.3 is 5.97 Å². The largest absolute Gasteiger partial charge is 0.478 e. The van der Waals surface area contributed by atoms with Gasteiger partial charge in [0.1, 0.15) is 10.6 Å². The number of aryl methyl sites for hydroxylation is 1. The summed E-state index contributed by atoms with van der Waals surface area (Å²) in [5, 5.41) is 12.6. The molecule has 0 atom stereocenters. The van der Waals surface area contributed by atoms with Gasteiger partial charge in [-0.15, -0.1) is 0 Å². The van der Waals surface area contributed by atoms with Crippen LogP contribution >= 0.6 is 27.5 Å². The summed E-state index contributed by atoms with van der Waals surface area (Å²) in [6.07, 6.45) is 3.27. The Labute approximate surface area is 110 Å². The van der Waals surface area contributed by atoms with Gasteiger partial charge in [0.25, 0.3) is 0 Å². The molecule has 0 fully saturated rings. The fourth-order valence-electron chi connectivity index (χ4n) is 1.32. The molecule has 88 valence electrons. The van der Waals surface area contributed by atoms with Crippen molar-refractivity contribution in [2.24, 2.45) is 0 Å². The summed E-state index contributed by atoms with van der Waals surface area (Å²) in [6, 6.07) is 1.81. The van der Waals surface area contributed by atoms with Gasteiger partial charge in [-0.2, -0.15) is 4.37 Å². The van der Waals surface area contributed by atoms with Crippen LogP contribution in [-0.2, 0) is 0 Å². The Balaban J connectivity index is 2.33. The third-order valence-corrected chi connectivity index (χ3v) is 3.33. The summed E-state index contributed by atoms with van der Waals surface area (Å²) < 4.78 is 4.84. The molecule has 2 aromatic heterocycles. The lowest BCUT2D eigenvalue weighted by Crippen LogP contribution is -2.01. The van der Waals surface area contributed by atoms with E-state index in [9.17, 15) is 4.79 Å². The summed E-state index contributed by atoms with van der Waals surface area (Å²) in [5.41, 5.74) is 1.42. The van der Waals surface area contributed by atoms with Crippen molar-refractivity contribution in [2.75, 3.05) is 5.32 Å². The molecular formula is C10H8BrN3O2S. The molecule has 5 nitrogen and oxygen atoms in total. The summed E-state index contributed by atoms with van der Waals surface area (Å²) in [6.45, 7) is 1.67. The maximum atomic E-state index is 11.1. The number of hydrogen-bond acceptors (Lipinski definition) is 5. The first kappa shape index (κ1) is 12.0. The molecule has 0 aliphatic heterocycles. The molecule has 2 rings (SSSR count). The number of carboxylic acids is 1. The smallest absolute Gasteiger partial charge is 0.340 e. The zero-order chi connectivity index (χ0) is 12.4. The van der Waals surface area contributed by atoms with Gasteiger partial charge in [0.2, 0.25) is 0 Å². The molecular weight excluding hydrogens is 306 g/mol. The van der Waals surface area contributed by atoms with Gasteiger partial charge in [0.05, 0.1) is 17.6 Å². The Morgan fingerprint density at radius 1 is 1.53 bits per heavy atom. The van der Waals surface area contributed by atoms with Gasteiger partial charge in [-0.25, -0.2) is 4.79 Å². The number of aromatic nitrogens is 2. The Kier molecular flexibility index (Phi) is 3.39. The SMILES string of the molecule is Cc1nsc(Nc2cncc(Br)c2)c1C(=O)O. The van der Waals surface area contributed by atoms with E-state index in [0.717, 1.165) is 16.0 Å². The van der Waals surface area contributed by atoms with Crippen molar-refractivity contribution in [1.29, 1.82) is 0 Å². The second-order valence-electron chi connectivity index (χ2n) is 3.29. The first-order chi connectivity index (χ1) is 8.08. The molecule has 0 saturated carbocycles. The van der Waals surface area contributed by atoms with Crippen LogP contribution in [0.1, 0.15) is 16.1 Å². The number of halogens is 1. The average Bonchev–Trinajstić information content (AvgIpc) is 2.59. The monoisotopic (exact) mass is 313 g/mol. The van der Waals surface area contributed by atoms with E-state index in [-0.39, 0.29) is 5.56 Å². The van der Waals surface area contributed by atoms with Crippen molar-refractivity contribution in [3.05, 3.63) is 34.2 Å². The van der Waals surface area contributed by atoms with Gasteiger partial charge in [0.15, 0.2) is 0 Å². The quantitative estimate of drug-likeness (QED) is 0.911. The van der Waals surface area contributed by atoms with Crippen LogP contribution in [0.3, 0.4) is 0 Å². The maximum absolute atomic E-state index is 11.1. The molecule has 0 aromatic carbocycles. The Morgan fingerprint density at radius 3 is 2.94 bits per heavy atom. The van der Waals surface area contributed by atoms with Crippen LogP contribution in [0, 0.1) is 6.92 Å². The molecule has 0 bridgehead atoms. The second kappa shape index (κ2) is 4.80. The summed E-state index contributed by atoms with van der Waals surface area (Å²) in [4.78, 5) is 15.1. The van der Waals surface area contributed by atoms with Crippen molar-refractivity contribution in [1.82, 2.24) is 9.36 Å². The number of rotatable bonds is 3. The van der Waals surface area contributed by atoms with Crippen LogP contribution in [-0.4, -0.2) is 20.4 Å². The standard InChI is InChI=1S/C10H8BrN3O2S/c1-5-8(10(15)16)9(17-14-5)13-7-2-6(11)3-12-4-7/h2-4,13H,1H3,(H,15,16). The minimum absolute atomic E-state index is 0.204. The fourth-order valence-corrected chi connectivity index (χ4v) is 2.49. The van der Waals surface area contributed by atoms with Crippen LogP contribution < -0.4 is 5.32 Å². The molecule has 0 amide bonds. The topological polar surface area (TPSA) is 75.1 Å². The van der Waals surface area contributed by atoms with Crippen molar-refractivity contribution in [3.63, 3.8) is 0 Å². The summed E-state index contributed by atoms with van der Waals surface area (Å²) >= 11 is 4.42. The minimum Gasteiger partial charge on any atom is -0.478 e. The van der Waals surface area contributed by atoms with E-state index in [1.165, 1.54) is 0 Å². The van der Waals surface area contributed by atoms with Crippen molar-refractivity contribution in [3.8, 4) is 0 Å². The van der Waals surface area contributed by atoms with Gasteiger partial charge < -0.3 is 10.4 Å². The highest BCUT2D eigenvalue weighted by molar-refractivity contribution is 9.10. The molecule has 0 radical (unpaired) electrons. The van der Waals surface area contributed by atoms with Crippen LogP contribution in [0.4, 0.5) is 10.7 Å². The molecule has 7 heteroatoms. The molecule has 0 saturated heterocycles. The molecule has 2 heterocycles. The summed E-state index contributed by atoms with van der Waals surface area (Å²) in [7, 11) is 0. The van der Waals surface area contributed by atoms with Gasteiger partial charge in [-0.3, -0.25) is 4.98 Å². The molecule has 0 unspecified atom stereocenters. The zero-order valence-corrected chi connectivity index (χ0v) is 11.2. The Bertz CT molecular complexity index is 570. The number of nitrogens with zero attached hydrogens (tertiary/aromatic N) is 2. The summed E-state index contributed by atoms with van der Waals surface area (Å²) in [5.74, 6) is -0.985. The van der Waals surface area contributed by atoms with Gasteiger partial charge in [-0.1, -0.05) is 0 Å². The molecule has 2 N–H and O–H groups in total. The normalized spacial score (nSPS) is 10.2. The predicted molar refractivity (Wildman–Crippen MR) is 69.0 cm³/mol. The number of nitrogens with one attached hydrogen (secondary N) is 1. The van der Waals surface area contributed by atoms with Gasteiger partial charge in [0, 0.05) is 10.7 Å². The number of hydrogen-bond donors (Lipinski definition) is 2. The number of anilines is 2. The van der Waals surface area contributed by atoms with Crippen LogP contribution in [0.15, 0.2) is 22.9 Å². The number of pyridine rings is 1. The van der Waals surface area contributed by atoms with E-state index in [2.05, 4.69) is 30.6 Å². The first-order valence-corrected chi connectivity index (χ1v) is 6.21. The maximum Gasteiger partial charge on any atom is 0.340 e. The van der Waals surface area contributed by atoms with Crippen LogP contribution in [0.25, 0.3) is 0 Å². The van der Waals surface area contributed by atoms with Crippen molar-refractivity contribution >= 4 is 44.1 Å². The predicted octanol–water partition coefficient (Wildman–Crippen LogP) is 3.05. The van der Waals surface area contributed by atoms with Gasteiger partial charge in [-0.05, 0) is 40.5 Å². The Morgan fingerprint density at radius 2 is 2.29 bits per heavy atom. The third kappa shape index (κ3) is 2.62. The van der Waals surface area contributed by atoms with Crippen molar-refractivity contribution < 1.29 is 9.90 Å². The number of carbonyl (C=O) groups is 1. The molecule has 0 aliphatic rings. The highest BCUT2D eigenvalue weighted by atomic mass is 79.9. The molecule has 0 aliphatic carbocycles. The van der Waals surface area contributed by atoms with Crippen LogP contribution in [0.5, 0.6) is 0 Å². The van der Waals surface area contributed by atoms with Crippen LogP contribution in [0.2, 0.25) is 0 Å². The zero-order valence-electron chi connectivity index (χ0n) is 8.77. The minimum atomic E-state index is -0.985. The lowest BCUT2D eigenvalue weighted by molar-refractivity contribution is 0.0697. The highest BCUT2D eigenvalue weighted by Crippen LogP contribution is 2.28. The lowest BCUT2D eigenvalue weighted by Gasteiger charge is -2.04. The van der Waals surface area contributed by atoms with E-state index in [4.69, 9.17) is 5.11 Å². The average molecular weight is 314 g/mol. The van der Waals surface area contributed by atoms with E-state index in [1.54, 1.807) is 19.3 Å². The fraction of sp³-hybridized carbons (Fsp3) is 0.100. The van der Waals surface area contributed by atoms with E-state index in [1.807, 2.05) is 6.07 Å². The van der Waals surface area contributed by atoms with E-state index in [0.29, 0.717) is 16.4 Å². The molecule has 0 spiro atoms. The molecule has 17 heavy (non-hydrogen) atoms. The first-order valence-electron chi connectivity index (χ1n) is 4.65. The number of aromatic carboxylic acids is 1. The Hall–Kier alpha value is -1.47. The third-order valence-electron chi connectivity index (χ3n) is 2.04. The highest BCUT2D eigenvalue weighted by Gasteiger charge is 2.17. The van der Waals surface area contributed by atoms with Crippen molar-refractivity contribution in [2.45, 2.75) is 6.92 Å². The molecule has 2 aromatic rings. The second-order valence-corrected chi connectivity index (χ2v) is 4.98. The van der Waals surface area contributed by atoms with E-state index < -0.39 is 5.97 Å². The number of carboxylic acid groups (broad SMARTS) is 1.